The van der Waals surface area contributed by atoms with Crippen LogP contribution < -0.4 is 10.5 Å². The Balaban J connectivity index is 1.77. The smallest absolute Gasteiger partial charge is 0.259 e. The molecule has 0 radical (unpaired) electrons. The van der Waals surface area contributed by atoms with E-state index in [1.807, 2.05) is 54.3 Å². The van der Waals surface area contributed by atoms with E-state index in [9.17, 15) is 4.79 Å². The Kier molecular flexibility index (Phi) is 7.16. The molecule has 0 aliphatic carbocycles. The number of aromatic nitrogens is 2. The molecule has 0 saturated carbocycles. The SMILES string of the molecule is COCCCN1CN(c2cc(Cl)cc(Cl)c2)c2nc(C)c(Cc3ccccc3)c(=O)n2C1. The fourth-order valence-corrected chi connectivity index (χ4v) is 4.51. The molecule has 0 spiro atoms. The van der Waals surface area contributed by atoms with Gasteiger partial charge in [-0.2, -0.15) is 0 Å². The highest BCUT2D eigenvalue weighted by atomic mass is 35.5. The number of benzene rings is 2. The number of anilines is 2. The zero-order valence-electron chi connectivity index (χ0n) is 18.2. The molecule has 8 heteroatoms. The number of aryl methyl sites for hydroxylation is 1. The first kappa shape index (κ1) is 22.8. The van der Waals surface area contributed by atoms with Gasteiger partial charge >= 0.3 is 0 Å². The van der Waals surface area contributed by atoms with Crippen molar-refractivity contribution in [3.8, 4) is 0 Å². The van der Waals surface area contributed by atoms with Crippen molar-refractivity contribution in [3.05, 3.63) is 85.8 Å². The minimum atomic E-state index is -0.0223. The van der Waals surface area contributed by atoms with Gasteiger partial charge < -0.3 is 4.74 Å². The van der Waals surface area contributed by atoms with Gasteiger partial charge in [-0.05, 0) is 37.1 Å². The molecule has 0 N–H and O–H groups in total. The number of hydrogen-bond acceptors (Lipinski definition) is 5. The van der Waals surface area contributed by atoms with E-state index in [0.29, 0.717) is 47.9 Å². The second-order valence-corrected chi connectivity index (χ2v) is 8.82. The standard InChI is InChI=1S/C24H26Cl2N4O2/c1-17-22(11-18-7-4-3-5-8-18)23(31)30-16-28(9-6-10-32-2)15-29(24(30)27-17)21-13-19(25)12-20(26)14-21/h3-5,7-8,12-14H,6,9-11,15-16H2,1-2H3. The van der Waals surface area contributed by atoms with Gasteiger partial charge in [0.2, 0.25) is 5.95 Å². The van der Waals surface area contributed by atoms with Crippen molar-refractivity contribution < 1.29 is 4.74 Å². The topological polar surface area (TPSA) is 50.6 Å². The summed E-state index contributed by atoms with van der Waals surface area (Å²) in [7, 11) is 1.69. The predicted octanol–water partition coefficient (Wildman–Crippen LogP) is 4.85. The van der Waals surface area contributed by atoms with Crippen molar-refractivity contribution in [2.75, 3.05) is 31.8 Å². The van der Waals surface area contributed by atoms with Gasteiger partial charge in [-0.15, -0.1) is 0 Å². The predicted molar refractivity (Wildman–Crippen MR) is 129 cm³/mol. The van der Waals surface area contributed by atoms with E-state index in [1.165, 1.54) is 0 Å². The molecule has 0 atom stereocenters. The van der Waals surface area contributed by atoms with Gasteiger partial charge in [-0.1, -0.05) is 53.5 Å². The number of fused-ring (bicyclic) bond motifs is 1. The maximum Gasteiger partial charge on any atom is 0.259 e. The molecule has 4 rings (SSSR count). The van der Waals surface area contributed by atoms with Crippen molar-refractivity contribution in [1.29, 1.82) is 0 Å². The molecule has 6 nitrogen and oxygen atoms in total. The average Bonchev–Trinajstić information content (AvgIpc) is 2.77. The summed E-state index contributed by atoms with van der Waals surface area (Å²) >= 11 is 12.6. The molecule has 0 unspecified atom stereocenters. The lowest BCUT2D eigenvalue weighted by Gasteiger charge is -2.38. The number of hydrogen-bond donors (Lipinski definition) is 0. The van der Waals surface area contributed by atoms with Gasteiger partial charge in [0, 0.05) is 48.0 Å². The third kappa shape index (κ3) is 4.99. The molecular weight excluding hydrogens is 447 g/mol. The average molecular weight is 473 g/mol. The Bertz CT molecular complexity index is 1130. The third-order valence-corrected chi connectivity index (χ3v) is 6.02. The normalized spacial score (nSPS) is 13.9. The first-order valence-corrected chi connectivity index (χ1v) is 11.3. The highest BCUT2D eigenvalue weighted by Gasteiger charge is 2.28. The Morgan fingerprint density at radius 1 is 1.06 bits per heavy atom. The zero-order valence-corrected chi connectivity index (χ0v) is 19.7. The van der Waals surface area contributed by atoms with Gasteiger partial charge in [0.25, 0.3) is 5.56 Å². The van der Waals surface area contributed by atoms with Gasteiger partial charge in [0.1, 0.15) is 0 Å². The molecule has 2 heterocycles. The molecule has 1 aliphatic rings. The van der Waals surface area contributed by atoms with Crippen LogP contribution >= 0.6 is 23.2 Å². The number of halogens is 2. The number of ether oxygens (including phenoxy) is 1. The van der Waals surface area contributed by atoms with Crippen molar-refractivity contribution in [2.45, 2.75) is 26.4 Å². The van der Waals surface area contributed by atoms with Gasteiger partial charge in [-0.25, -0.2) is 4.98 Å². The highest BCUT2D eigenvalue weighted by Crippen LogP contribution is 2.32. The number of methoxy groups -OCH3 is 1. The van der Waals surface area contributed by atoms with Gasteiger partial charge in [-0.3, -0.25) is 19.2 Å². The summed E-state index contributed by atoms with van der Waals surface area (Å²) in [6.45, 7) is 4.38. The Morgan fingerprint density at radius 2 is 1.78 bits per heavy atom. The van der Waals surface area contributed by atoms with Crippen LogP contribution in [0.3, 0.4) is 0 Å². The van der Waals surface area contributed by atoms with Crippen LogP contribution in [0, 0.1) is 6.92 Å². The Morgan fingerprint density at radius 3 is 2.47 bits per heavy atom. The first-order valence-electron chi connectivity index (χ1n) is 10.6. The molecule has 1 aliphatic heterocycles. The van der Waals surface area contributed by atoms with E-state index >= 15 is 0 Å². The maximum absolute atomic E-state index is 13.6. The maximum atomic E-state index is 13.6. The van der Waals surface area contributed by atoms with Crippen LogP contribution in [0.1, 0.15) is 23.2 Å². The van der Waals surface area contributed by atoms with E-state index in [4.69, 9.17) is 32.9 Å². The van der Waals surface area contributed by atoms with E-state index < -0.39 is 0 Å². The minimum Gasteiger partial charge on any atom is -0.385 e. The number of nitrogens with zero attached hydrogens (tertiary/aromatic N) is 4. The summed E-state index contributed by atoms with van der Waals surface area (Å²) in [5.41, 5.74) is 3.31. The van der Waals surface area contributed by atoms with Crippen molar-refractivity contribution in [2.24, 2.45) is 0 Å². The zero-order chi connectivity index (χ0) is 22.7. The molecule has 168 valence electrons. The van der Waals surface area contributed by atoms with Crippen LogP contribution in [-0.2, 0) is 17.8 Å². The van der Waals surface area contributed by atoms with Crippen LogP contribution in [0.5, 0.6) is 0 Å². The first-order chi connectivity index (χ1) is 15.5. The van der Waals surface area contributed by atoms with Crippen LogP contribution in [-0.4, -0.2) is 41.4 Å². The van der Waals surface area contributed by atoms with E-state index in [0.717, 1.165) is 29.9 Å². The second kappa shape index (κ2) is 10.0. The minimum absolute atomic E-state index is 0.0223. The van der Waals surface area contributed by atoms with Crippen LogP contribution in [0.4, 0.5) is 11.6 Å². The monoisotopic (exact) mass is 472 g/mol. The van der Waals surface area contributed by atoms with Crippen LogP contribution in [0.15, 0.2) is 53.3 Å². The summed E-state index contributed by atoms with van der Waals surface area (Å²) in [6, 6.07) is 15.4. The Labute approximate surface area is 198 Å². The molecule has 32 heavy (non-hydrogen) atoms. The molecule has 0 amide bonds. The van der Waals surface area contributed by atoms with Crippen molar-refractivity contribution >= 4 is 34.8 Å². The highest BCUT2D eigenvalue weighted by molar-refractivity contribution is 6.35. The summed E-state index contributed by atoms with van der Waals surface area (Å²) in [5.74, 6) is 0.602. The van der Waals surface area contributed by atoms with Gasteiger partial charge in [0.15, 0.2) is 0 Å². The third-order valence-electron chi connectivity index (χ3n) is 5.58. The second-order valence-electron chi connectivity index (χ2n) is 7.95. The van der Waals surface area contributed by atoms with Crippen LogP contribution in [0.25, 0.3) is 0 Å². The molecule has 0 saturated heterocycles. The molecule has 1 aromatic heterocycles. The Hall–Kier alpha value is -2.38. The molecule has 0 fully saturated rings. The quantitative estimate of drug-likeness (QED) is 0.459. The lowest BCUT2D eigenvalue weighted by atomic mass is 10.1. The fourth-order valence-electron chi connectivity index (χ4n) is 4.00. The fraction of sp³-hybridized carbons (Fsp3) is 0.333. The summed E-state index contributed by atoms with van der Waals surface area (Å²) in [5, 5.41) is 1.07. The lowest BCUT2D eigenvalue weighted by molar-refractivity contribution is 0.150. The van der Waals surface area contributed by atoms with Crippen molar-refractivity contribution in [1.82, 2.24) is 14.5 Å². The van der Waals surface area contributed by atoms with E-state index in [2.05, 4.69) is 4.90 Å². The summed E-state index contributed by atoms with van der Waals surface area (Å²) in [4.78, 5) is 22.7. The molecule has 2 aromatic carbocycles. The van der Waals surface area contributed by atoms with E-state index in [1.54, 1.807) is 17.7 Å². The largest absolute Gasteiger partial charge is 0.385 e. The lowest BCUT2D eigenvalue weighted by Crippen LogP contribution is -2.48. The molecule has 3 aromatic rings. The van der Waals surface area contributed by atoms with Crippen LogP contribution in [0.2, 0.25) is 10.0 Å². The summed E-state index contributed by atoms with van der Waals surface area (Å²) < 4.78 is 6.96. The number of rotatable bonds is 7. The molecular formula is C24H26Cl2N4O2. The van der Waals surface area contributed by atoms with E-state index in [-0.39, 0.29) is 5.56 Å². The molecule has 0 bridgehead atoms. The van der Waals surface area contributed by atoms with Crippen molar-refractivity contribution in [3.63, 3.8) is 0 Å². The van der Waals surface area contributed by atoms with Gasteiger partial charge in [0.05, 0.1) is 19.0 Å². The summed E-state index contributed by atoms with van der Waals surface area (Å²) in [6.07, 6.45) is 1.41.